The summed E-state index contributed by atoms with van der Waals surface area (Å²) in [6, 6.07) is 14.5. The molecule has 0 spiro atoms. The molecule has 2 aromatic carbocycles. The molecule has 1 atom stereocenters. The van der Waals surface area contributed by atoms with Crippen molar-refractivity contribution in [2.24, 2.45) is 0 Å². The van der Waals surface area contributed by atoms with Crippen molar-refractivity contribution in [1.82, 2.24) is 5.32 Å². The zero-order valence-electron chi connectivity index (χ0n) is 13.0. The molecule has 3 N–H and O–H groups in total. The van der Waals surface area contributed by atoms with Gasteiger partial charge in [0.1, 0.15) is 0 Å². The minimum atomic E-state index is -0.496. The van der Waals surface area contributed by atoms with Crippen LogP contribution in [0.15, 0.2) is 54.6 Å². The summed E-state index contributed by atoms with van der Waals surface area (Å²) < 4.78 is 0. The van der Waals surface area contributed by atoms with Crippen molar-refractivity contribution < 1.29 is 14.8 Å². The molecule has 126 valence electrons. The van der Waals surface area contributed by atoms with E-state index in [9.17, 15) is 14.9 Å². The fraction of sp³-hybridized carbons (Fsp3) is 0.235. The molecular weight excluding hydrogens is 310 g/mol. The van der Waals surface area contributed by atoms with Gasteiger partial charge < -0.3 is 15.7 Å². The van der Waals surface area contributed by atoms with Gasteiger partial charge in [-0.15, -0.1) is 0 Å². The highest BCUT2D eigenvalue weighted by Gasteiger charge is 2.14. The number of aliphatic hydroxyl groups is 1. The van der Waals surface area contributed by atoms with E-state index >= 15 is 0 Å². The predicted octanol–water partition coefficient (Wildman–Crippen LogP) is 3.23. The van der Waals surface area contributed by atoms with Crippen LogP contribution in [0.1, 0.15) is 24.4 Å². The van der Waals surface area contributed by atoms with Crippen molar-refractivity contribution in [3.8, 4) is 0 Å². The third kappa shape index (κ3) is 5.06. The number of urea groups is 1. The molecule has 0 bridgehead atoms. The molecule has 0 unspecified atom stereocenters. The Hall–Kier alpha value is -2.93. The average Bonchev–Trinajstić information content (AvgIpc) is 2.59. The van der Waals surface area contributed by atoms with Gasteiger partial charge in [-0.25, -0.2) is 4.79 Å². The molecule has 2 rings (SSSR count). The van der Waals surface area contributed by atoms with E-state index in [-0.39, 0.29) is 18.3 Å². The molecule has 7 heteroatoms. The molecule has 0 aliphatic heterocycles. The lowest BCUT2D eigenvalue weighted by atomic mass is 10.0. The van der Waals surface area contributed by atoms with Crippen LogP contribution in [0.25, 0.3) is 0 Å². The molecule has 0 heterocycles. The van der Waals surface area contributed by atoms with Crippen LogP contribution in [-0.2, 0) is 0 Å². The Kier molecular flexibility index (Phi) is 6.27. The summed E-state index contributed by atoms with van der Waals surface area (Å²) in [6.07, 6.45) is 1.17. The molecule has 0 aliphatic carbocycles. The summed E-state index contributed by atoms with van der Waals surface area (Å²) in [6.45, 7) is 0.0506. The number of nitrogens with zero attached hydrogens (tertiary/aromatic N) is 1. The molecule has 0 aromatic heterocycles. The van der Waals surface area contributed by atoms with E-state index < -0.39 is 11.0 Å². The van der Waals surface area contributed by atoms with E-state index in [1.807, 2.05) is 30.3 Å². The summed E-state index contributed by atoms with van der Waals surface area (Å²) in [7, 11) is 0. The zero-order valence-corrected chi connectivity index (χ0v) is 13.0. The zero-order chi connectivity index (χ0) is 17.4. The summed E-state index contributed by atoms with van der Waals surface area (Å²) in [5.74, 6) is 0. The fourth-order valence-electron chi connectivity index (χ4n) is 2.29. The summed E-state index contributed by atoms with van der Waals surface area (Å²) in [5, 5.41) is 25.1. The molecule has 0 aliphatic rings. The number of non-ortho nitro benzene ring substituents is 1. The Morgan fingerprint density at radius 1 is 1.12 bits per heavy atom. The Balaban J connectivity index is 2.00. The molecule has 2 amide bonds. The van der Waals surface area contributed by atoms with E-state index in [2.05, 4.69) is 10.6 Å². The first-order chi connectivity index (χ1) is 11.6. The number of hydrogen-bond acceptors (Lipinski definition) is 4. The van der Waals surface area contributed by atoms with E-state index in [0.717, 1.165) is 5.56 Å². The molecule has 7 nitrogen and oxygen atoms in total. The third-order valence-electron chi connectivity index (χ3n) is 3.49. The average molecular weight is 329 g/mol. The van der Waals surface area contributed by atoms with Crippen LogP contribution in [0.4, 0.5) is 16.2 Å². The third-order valence-corrected chi connectivity index (χ3v) is 3.49. The number of anilines is 1. The summed E-state index contributed by atoms with van der Waals surface area (Å²) in [4.78, 5) is 22.3. The quantitative estimate of drug-likeness (QED) is 0.536. The summed E-state index contributed by atoms with van der Waals surface area (Å²) in [5.41, 5.74) is 1.38. The lowest BCUT2D eigenvalue weighted by molar-refractivity contribution is -0.384. The molecule has 0 fully saturated rings. The number of nitro benzene ring substituents is 1. The van der Waals surface area contributed by atoms with Gasteiger partial charge in [-0.05, 0) is 30.5 Å². The second kappa shape index (κ2) is 8.64. The maximum absolute atomic E-state index is 12.2. The van der Waals surface area contributed by atoms with Gasteiger partial charge in [0, 0.05) is 24.4 Å². The van der Waals surface area contributed by atoms with Crippen molar-refractivity contribution in [3.63, 3.8) is 0 Å². The van der Waals surface area contributed by atoms with Crippen LogP contribution in [0.3, 0.4) is 0 Å². The lowest BCUT2D eigenvalue weighted by Gasteiger charge is -2.19. The van der Waals surface area contributed by atoms with Crippen molar-refractivity contribution in [2.45, 2.75) is 18.9 Å². The largest absolute Gasteiger partial charge is 0.396 e. The van der Waals surface area contributed by atoms with Crippen LogP contribution in [0.5, 0.6) is 0 Å². The Morgan fingerprint density at radius 2 is 1.79 bits per heavy atom. The molecule has 24 heavy (non-hydrogen) atoms. The number of nitro groups is 1. The van der Waals surface area contributed by atoms with Gasteiger partial charge in [0.15, 0.2) is 0 Å². The van der Waals surface area contributed by atoms with Crippen molar-refractivity contribution >= 4 is 17.4 Å². The van der Waals surface area contributed by atoms with E-state index in [4.69, 9.17) is 5.11 Å². The fourth-order valence-corrected chi connectivity index (χ4v) is 2.29. The van der Waals surface area contributed by atoms with Gasteiger partial charge in [-0.2, -0.15) is 0 Å². The number of carbonyl (C=O) groups excluding carboxylic acids is 1. The van der Waals surface area contributed by atoms with Gasteiger partial charge in [0.2, 0.25) is 0 Å². The lowest BCUT2D eigenvalue weighted by Crippen LogP contribution is -2.32. The highest BCUT2D eigenvalue weighted by Crippen LogP contribution is 2.19. The second-order valence-electron chi connectivity index (χ2n) is 5.23. The van der Waals surface area contributed by atoms with E-state index in [0.29, 0.717) is 18.5 Å². The molecule has 0 saturated carbocycles. The van der Waals surface area contributed by atoms with E-state index in [1.165, 1.54) is 24.3 Å². The number of rotatable bonds is 7. The van der Waals surface area contributed by atoms with Gasteiger partial charge in [-0.3, -0.25) is 10.1 Å². The van der Waals surface area contributed by atoms with Gasteiger partial charge in [0.25, 0.3) is 5.69 Å². The van der Waals surface area contributed by atoms with Crippen LogP contribution in [0, 0.1) is 10.1 Å². The smallest absolute Gasteiger partial charge is 0.319 e. The normalized spacial score (nSPS) is 11.5. The van der Waals surface area contributed by atoms with Crippen LogP contribution >= 0.6 is 0 Å². The Morgan fingerprint density at radius 3 is 2.38 bits per heavy atom. The van der Waals surface area contributed by atoms with Gasteiger partial charge >= 0.3 is 6.03 Å². The first-order valence-corrected chi connectivity index (χ1v) is 7.58. The maximum Gasteiger partial charge on any atom is 0.319 e. The standard InChI is InChI=1S/C17H19N3O4/c21-12-4-7-16(13-5-2-1-3-6-13)19-17(22)18-14-8-10-15(11-9-14)20(23)24/h1-3,5-6,8-11,16,21H,4,7,12H2,(H2,18,19,22)/t16-/m1/s1. The first-order valence-electron chi connectivity index (χ1n) is 7.58. The number of aliphatic hydroxyl groups excluding tert-OH is 1. The monoisotopic (exact) mass is 329 g/mol. The number of amides is 2. The maximum atomic E-state index is 12.2. The Labute approximate surface area is 139 Å². The molecular formula is C17H19N3O4. The van der Waals surface area contributed by atoms with E-state index in [1.54, 1.807) is 0 Å². The minimum Gasteiger partial charge on any atom is -0.396 e. The van der Waals surface area contributed by atoms with Crippen molar-refractivity contribution in [3.05, 3.63) is 70.3 Å². The first kappa shape index (κ1) is 17.4. The predicted molar refractivity (Wildman–Crippen MR) is 90.8 cm³/mol. The molecule has 0 radical (unpaired) electrons. The van der Waals surface area contributed by atoms with Gasteiger partial charge in [-0.1, -0.05) is 30.3 Å². The highest BCUT2D eigenvalue weighted by molar-refractivity contribution is 5.89. The van der Waals surface area contributed by atoms with Crippen molar-refractivity contribution in [2.75, 3.05) is 11.9 Å². The number of nitrogens with one attached hydrogen (secondary N) is 2. The number of carbonyl (C=O) groups is 1. The highest BCUT2D eigenvalue weighted by atomic mass is 16.6. The summed E-state index contributed by atoms with van der Waals surface area (Å²) >= 11 is 0. The SMILES string of the molecule is O=C(Nc1ccc([N+](=O)[O-])cc1)N[C@H](CCCO)c1ccccc1. The molecule has 2 aromatic rings. The van der Waals surface area contributed by atoms with Gasteiger partial charge in [0.05, 0.1) is 11.0 Å². The second-order valence-corrected chi connectivity index (χ2v) is 5.23. The van der Waals surface area contributed by atoms with Crippen LogP contribution in [0.2, 0.25) is 0 Å². The van der Waals surface area contributed by atoms with Crippen molar-refractivity contribution in [1.29, 1.82) is 0 Å². The number of benzene rings is 2. The van der Waals surface area contributed by atoms with Crippen LogP contribution < -0.4 is 10.6 Å². The molecule has 0 saturated heterocycles. The van der Waals surface area contributed by atoms with Crippen LogP contribution in [-0.4, -0.2) is 22.7 Å². The Bertz CT molecular complexity index is 674. The minimum absolute atomic E-state index is 0.0360. The number of hydrogen-bond donors (Lipinski definition) is 3. The topological polar surface area (TPSA) is 104 Å².